The van der Waals surface area contributed by atoms with Gasteiger partial charge in [-0.05, 0) is 31.5 Å². The number of nitrogens with one attached hydrogen (secondary N) is 1. The molecule has 2 aromatic rings. The van der Waals surface area contributed by atoms with Gasteiger partial charge in [0.2, 0.25) is 5.95 Å². The highest BCUT2D eigenvalue weighted by atomic mass is 19.1. The Hall–Kier alpha value is -2.96. The number of pyridine rings is 1. The van der Waals surface area contributed by atoms with Gasteiger partial charge in [0.25, 0.3) is 5.91 Å². The van der Waals surface area contributed by atoms with Crippen LogP contribution in [0.15, 0.2) is 42.5 Å². The van der Waals surface area contributed by atoms with E-state index in [2.05, 4.69) is 10.3 Å². The fourth-order valence-corrected chi connectivity index (χ4v) is 2.12. The fourth-order valence-electron chi connectivity index (χ4n) is 2.12. The fraction of sp³-hybridized carbons (Fsp3) is 0.222. The smallest absolute Gasteiger partial charge is 0.255 e. The molecule has 0 unspecified atom stereocenters. The predicted octanol–water partition coefficient (Wildman–Crippen LogP) is 3.22. The lowest BCUT2D eigenvalue weighted by molar-refractivity contribution is 0.0951. The van der Waals surface area contributed by atoms with E-state index in [-0.39, 0.29) is 29.2 Å². The number of benzene rings is 1. The van der Waals surface area contributed by atoms with Gasteiger partial charge in [-0.3, -0.25) is 4.79 Å². The van der Waals surface area contributed by atoms with Crippen molar-refractivity contribution in [2.75, 3.05) is 12.3 Å². The second-order valence-electron chi connectivity index (χ2n) is 5.18. The number of anilines is 1. The molecule has 25 heavy (non-hydrogen) atoms. The third-order valence-electron chi connectivity index (χ3n) is 3.40. The second-order valence-corrected chi connectivity index (χ2v) is 5.18. The molecule has 0 bridgehead atoms. The lowest BCUT2D eigenvalue weighted by Gasteiger charge is -2.11. The molecule has 132 valence electrons. The van der Waals surface area contributed by atoms with Gasteiger partial charge in [-0.1, -0.05) is 24.3 Å². The Bertz CT molecular complexity index is 779. The average molecular weight is 347 g/mol. The number of carbonyl (C=O) groups is 1. The van der Waals surface area contributed by atoms with Crippen LogP contribution in [-0.2, 0) is 6.54 Å². The van der Waals surface area contributed by atoms with Gasteiger partial charge in [0.1, 0.15) is 5.82 Å². The van der Waals surface area contributed by atoms with E-state index in [0.29, 0.717) is 13.0 Å². The van der Waals surface area contributed by atoms with Gasteiger partial charge in [0, 0.05) is 12.1 Å². The van der Waals surface area contributed by atoms with E-state index in [9.17, 15) is 13.6 Å². The zero-order valence-corrected chi connectivity index (χ0v) is 13.8. The molecule has 0 aliphatic carbocycles. The summed E-state index contributed by atoms with van der Waals surface area (Å²) in [5, 5.41) is 2.53. The maximum Gasteiger partial charge on any atom is 0.255 e. The van der Waals surface area contributed by atoms with Crippen molar-refractivity contribution >= 4 is 11.7 Å². The maximum absolute atomic E-state index is 14.4. The summed E-state index contributed by atoms with van der Waals surface area (Å²) < 4.78 is 32.7. The molecule has 3 N–H and O–H groups in total. The van der Waals surface area contributed by atoms with Crippen LogP contribution < -0.4 is 15.8 Å². The summed E-state index contributed by atoms with van der Waals surface area (Å²) in [6.07, 6.45) is 4.48. The van der Waals surface area contributed by atoms with Crippen molar-refractivity contribution in [1.82, 2.24) is 10.3 Å². The largest absolute Gasteiger partial charge is 0.490 e. The monoisotopic (exact) mass is 347 g/mol. The first-order valence-electron chi connectivity index (χ1n) is 7.74. The van der Waals surface area contributed by atoms with E-state index < -0.39 is 17.7 Å². The number of nitrogen functional groups attached to an aromatic ring is 1. The second kappa shape index (κ2) is 8.77. The van der Waals surface area contributed by atoms with Crippen LogP contribution in [-0.4, -0.2) is 17.5 Å². The summed E-state index contributed by atoms with van der Waals surface area (Å²) in [6, 6.07) is 6.97. The van der Waals surface area contributed by atoms with Crippen LogP contribution >= 0.6 is 0 Å². The van der Waals surface area contributed by atoms with Gasteiger partial charge in [0.15, 0.2) is 11.6 Å². The predicted molar refractivity (Wildman–Crippen MR) is 91.1 cm³/mol. The summed E-state index contributed by atoms with van der Waals surface area (Å²) in [5.74, 6) is -1.97. The third kappa shape index (κ3) is 5.00. The van der Waals surface area contributed by atoms with Gasteiger partial charge in [0.05, 0.1) is 12.2 Å². The maximum atomic E-state index is 14.4. The van der Waals surface area contributed by atoms with E-state index in [0.717, 1.165) is 6.07 Å². The molecule has 0 atom stereocenters. The zero-order chi connectivity index (χ0) is 18.2. The van der Waals surface area contributed by atoms with Crippen molar-refractivity contribution in [2.45, 2.75) is 19.9 Å². The van der Waals surface area contributed by atoms with E-state index in [1.54, 1.807) is 12.1 Å². The zero-order valence-electron chi connectivity index (χ0n) is 13.8. The van der Waals surface area contributed by atoms with Crippen LogP contribution in [0.4, 0.5) is 14.6 Å². The molecule has 5 nitrogen and oxygen atoms in total. The van der Waals surface area contributed by atoms with Crippen LogP contribution in [0.3, 0.4) is 0 Å². The molecule has 0 spiro atoms. The number of ether oxygens (including phenoxy) is 1. The van der Waals surface area contributed by atoms with Crippen LogP contribution in [0.2, 0.25) is 0 Å². The number of nitrogens with zero attached hydrogens (tertiary/aromatic N) is 1. The highest BCUT2D eigenvalue weighted by molar-refractivity contribution is 5.98. The van der Waals surface area contributed by atoms with Crippen LogP contribution in [0.25, 0.3) is 0 Å². The van der Waals surface area contributed by atoms with Gasteiger partial charge in [-0.25, -0.2) is 9.37 Å². The van der Waals surface area contributed by atoms with Gasteiger partial charge in [-0.15, -0.1) is 0 Å². The van der Waals surface area contributed by atoms with Crippen molar-refractivity contribution < 1.29 is 18.3 Å². The molecule has 0 saturated heterocycles. The van der Waals surface area contributed by atoms with E-state index >= 15 is 0 Å². The number of allylic oxidation sites excluding steroid dienone is 1. The molecular formula is C18H19F2N3O2. The SMILES string of the molecule is C/C=C/CCOc1cccc(CNC(=O)c2ccc(F)nc2N)c1F. The number of aromatic nitrogens is 1. The summed E-state index contributed by atoms with van der Waals surface area (Å²) >= 11 is 0. The number of rotatable bonds is 7. The number of halogens is 2. The minimum Gasteiger partial charge on any atom is -0.490 e. The van der Waals surface area contributed by atoms with Crippen LogP contribution in [0, 0.1) is 11.8 Å². The van der Waals surface area contributed by atoms with Crippen molar-refractivity contribution in [3.05, 3.63) is 65.4 Å². The average Bonchev–Trinajstić information content (AvgIpc) is 2.58. The molecule has 1 aromatic carbocycles. The molecule has 0 aliphatic rings. The lowest BCUT2D eigenvalue weighted by Crippen LogP contribution is -2.24. The molecule has 0 fully saturated rings. The first kappa shape index (κ1) is 18.4. The molecule has 0 saturated carbocycles. The van der Waals surface area contributed by atoms with Gasteiger partial charge in [-0.2, -0.15) is 4.39 Å². The molecule has 1 aromatic heterocycles. The Labute approximate surface area is 144 Å². The van der Waals surface area contributed by atoms with E-state index in [1.807, 2.05) is 19.1 Å². The summed E-state index contributed by atoms with van der Waals surface area (Å²) in [4.78, 5) is 15.5. The molecule has 2 rings (SSSR count). The molecule has 1 amide bonds. The number of hydrogen-bond donors (Lipinski definition) is 2. The topological polar surface area (TPSA) is 77.2 Å². The number of hydrogen-bond acceptors (Lipinski definition) is 4. The Morgan fingerprint density at radius 3 is 2.84 bits per heavy atom. The molecule has 0 radical (unpaired) electrons. The van der Waals surface area contributed by atoms with Crippen molar-refractivity contribution in [1.29, 1.82) is 0 Å². The van der Waals surface area contributed by atoms with Crippen molar-refractivity contribution in [3.63, 3.8) is 0 Å². The number of nitrogens with two attached hydrogens (primary N) is 1. The van der Waals surface area contributed by atoms with Gasteiger partial charge >= 0.3 is 0 Å². The molecule has 7 heteroatoms. The molecule has 0 aliphatic heterocycles. The molecular weight excluding hydrogens is 328 g/mol. The first-order valence-corrected chi connectivity index (χ1v) is 7.74. The minimum atomic E-state index is -0.775. The Kier molecular flexibility index (Phi) is 6.45. The van der Waals surface area contributed by atoms with E-state index in [1.165, 1.54) is 12.1 Å². The Balaban J connectivity index is 2.01. The number of amides is 1. The van der Waals surface area contributed by atoms with Crippen LogP contribution in [0.5, 0.6) is 5.75 Å². The highest BCUT2D eigenvalue weighted by Crippen LogP contribution is 2.21. The van der Waals surface area contributed by atoms with Crippen LogP contribution in [0.1, 0.15) is 29.3 Å². The standard InChI is InChI=1S/C18H19F2N3O2/c1-2-3-4-10-25-14-7-5-6-12(16(14)20)11-22-18(24)13-8-9-15(19)23-17(13)21/h2-3,5-9H,4,10-11H2,1H3,(H2,21,23)(H,22,24)/b3-2+. The summed E-state index contributed by atoms with van der Waals surface area (Å²) in [6.45, 7) is 2.19. The number of carbonyl (C=O) groups excluding carboxylic acids is 1. The minimum absolute atomic E-state index is 0.0283. The summed E-state index contributed by atoms with van der Waals surface area (Å²) in [7, 11) is 0. The molecule has 1 heterocycles. The Morgan fingerprint density at radius 2 is 2.12 bits per heavy atom. The normalized spacial score (nSPS) is 10.8. The summed E-state index contributed by atoms with van der Waals surface area (Å²) in [5.41, 5.74) is 5.81. The Morgan fingerprint density at radius 1 is 1.32 bits per heavy atom. The van der Waals surface area contributed by atoms with Gasteiger partial charge < -0.3 is 15.8 Å². The lowest BCUT2D eigenvalue weighted by atomic mass is 10.2. The highest BCUT2D eigenvalue weighted by Gasteiger charge is 2.14. The third-order valence-corrected chi connectivity index (χ3v) is 3.40. The van der Waals surface area contributed by atoms with Crippen molar-refractivity contribution in [2.24, 2.45) is 0 Å². The van der Waals surface area contributed by atoms with E-state index in [4.69, 9.17) is 10.5 Å². The quantitative estimate of drug-likeness (QED) is 0.458. The first-order chi connectivity index (χ1) is 12.0. The van der Waals surface area contributed by atoms with Crippen molar-refractivity contribution in [3.8, 4) is 5.75 Å².